The minimum absolute atomic E-state index is 0.0393. The van der Waals surface area contributed by atoms with E-state index in [0.717, 1.165) is 43.2 Å². The van der Waals surface area contributed by atoms with Crippen molar-refractivity contribution in [1.82, 2.24) is 4.90 Å². The Bertz CT molecular complexity index is 873. The molecule has 0 spiro atoms. The second-order valence-corrected chi connectivity index (χ2v) is 8.87. The van der Waals surface area contributed by atoms with Gasteiger partial charge in [-0.15, -0.1) is 0 Å². The summed E-state index contributed by atoms with van der Waals surface area (Å²) in [6, 6.07) is 16.2. The molecule has 0 aromatic heterocycles. The van der Waals surface area contributed by atoms with E-state index in [-0.39, 0.29) is 24.1 Å². The number of ketones is 1. The minimum Gasteiger partial charge on any atom is -0.445 e. The van der Waals surface area contributed by atoms with Gasteiger partial charge in [-0.05, 0) is 68.2 Å². The van der Waals surface area contributed by atoms with Crippen molar-refractivity contribution in [2.24, 2.45) is 5.92 Å². The summed E-state index contributed by atoms with van der Waals surface area (Å²) in [5, 5.41) is 0. The van der Waals surface area contributed by atoms with Gasteiger partial charge >= 0.3 is 6.09 Å². The molecule has 2 atom stereocenters. The van der Waals surface area contributed by atoms with Crippen LogP contribution in [0.25, 0.3) is 0 Å². The summed E-state index contributed by atoms with van der Waals surface area (Å²) in [7, 11) is 0. The number of aryl methyl sites for hydroxylation is 2. The van der Waals surface area contributed by atoms with Gasteiger partial charge in [-0.25, -0.2) is 4.79 Å². The Balaban J connectivity index is 1.40. The summed E-state index contributed by atoms with van der Waals surface area (Å²) < 4.78 is 5.63. The Labute approximate surface area is 179 Å². The number of benzene rings is 2. The summed E-state index contributed by atoms with van der Waals surface area (Å²) in [6.45, 7) is 4.45. The molecule has 2 aromatic rings. The van der Waals surface area contributed by atoms with Gasteiger partial charge in [0, 0.05) is 24.4 Å². The fraction of sp³-hybridized carbons (Fsp3) is 0.462. The maximum Gasteiger partial charge on any atom is 0.410 e. The fourth-order valence-electron chi connectivity index (χ4n) is 5.18. The van der Waals surface area contributed by atoms with E-state index in [2.05, 4.69) is 26.0 Å². The molecule has 0 radical (unpaired) electrons. The van der Waals surface area contributed by atoms with Crippen molar-refractivity contribution in [1.29, 1.82) is 0 Å². The molecule has 4 rings (SSSR count). The number of piperidine rings is 2. The zero-order valence-corrected chi connectivity index (χ0v) is 18.0. The number of rotatable bonds is 5. The van der Waals surface area contributed by atoms with E-state index in [4.69, 9.17) is 4.74 Å². The van der Waals surface area contributed by atoms with E-state index >= 15 is 0 Å². The second-order valence-electron chi connectivity index (χ2n) is 8.87. The van der Waals surface area contributed by atoms with Crippen LogP contribution in [0.5, 0.6) is 0 Å². The molecule has 2 saturated heterocycles. The molecule has 158 valence electrons. The van der Waals surface area contributed by atoms with Crippen molar-refractivity contribution in [3.63, 3.8) is 0 Å². The van der Waals surface area contributed by atoms with Crippen molar-refractivity contribution in [3.05, 3.63) is 70.8 Å². The predicted octanol–water partition coefficient (Wildman–Crippen LogP) is 5.38. The van der Waals surface area contributed by atoms with Crippen molar-refractivity contribution >= 4 is 11.9 Å². The lowest BCUT2D eigenvalue weighted by atomic mass is 9.75. The molecule has 2 aliphatic heterocycles. The molecule has 4 nitrogen and oxygen atoms in total. The molecule has 4 heteroatoms. The van der Waals surface area contributed by atoms with Crippen LogP contribution in [-0.2, 0) is 22.6 Å². The lowest BCUT2D eigenvalue weighted by Crippen LogP contribution is -2.55. The first-order valence-corrected chi connectivity index (χ1v) is 11.1. The molecule has 0 N–H and O–H groups in total. The molecule has 30 heavy (non-hydrogen) atoms. The van der Waals surface area contributed by atoms with Gasteiger partial charge in [-0.2, -0.15) is 0 Å². The van der Waals surface area contributed by atoms with Gasteiger partial charge in [-0.3, -0.25) is 4.79 Å². The first kappa shape index (κ1) is 20.6. The average molecular weight is 406 g/mol. The predicted molar refractivity (Wildman–Crippen MR) is 117 cm³/mol. The van der Waals surface area contributed by atoms with Crippen molar-refractivity contribution in [2.45, 2.75) is 71.1 Å². The zero-order valence-electron chi connectivity index (χ0n) is 18.0. The lowest BCUT2D eigenvalue weighted by molar-refractivity contribution is -0.126. The van der Waals surface area contributed by atoms with E-state index in [1.807, 2.05) is 41.3 Å². The quantitative estimate of drug-likeness (QED) is 0.670. The standard InChI is InChI=1S/C26H31NO3/c1-18-8-6-9-19(2)24(18)16-25(28)21-14-22-12-7-13-23(15-21)27(22)26(29)30-17-20-10-4-3-5-11-20/h3-6,8-11,21-23H,7,12-17H2,1-2H3. The van der Waals surface area contributed by atoms with Crippen LogP contribution in [0.4, 0.5) is 4.79 Å². The SMILES string of the molecule is Cc1cccc(C)c1CC(=O)C1CC2CCCC(C1)N2C(=O)OCc1ccccc1. The molecule has 2 aliphatic rings. The molecule has 2 aromatic carbocycles. The molecule has 0 saturated carbocycles. The third-order valence-electron chi connectivity index (χ3n) is 6.84. The highest BCUT2D eigenvalue weighted by Crippen LogP contribution is 2.38. The van der Waals surface area contributed by atoms with E-state index in [0.29, 0.717) is 18.8 Å². The van der Waals surface area contributed by atoms with Gasteiger partial charge in [0.25, 0.3) is 0 Å². The summed E-state index contributed by atoms with van der Waals surface area (Å²) in [6.07, 6.45) is 4.85. The van der Waals surface area contributed by atoms with Crippen LogP contribution in [0.15, 0.2) is 48.5 Å². The monoisotopic (exact) mass is 405 g/mol. The summed E-state index contributed by atoms with van der Waals surface area (Å²) >= 11 is 0. The molecular weight excluding hydrogens is 374 g/mol. The molecule has 2 heterocycles. The maximum absolute atomic E-state index is 13.2. The average Bonchev–Trinajstić information content (AvgIpc) is 2.74. The molecule has 1 amide bonds. The van der Waals surface area contributed by atoms with Crippen LogP contribution in [0.1, 0.15) is 54.4 Å². The third-order valence-corrected chi connectivity index (χ3v) is 6.84. The number of hydrogen-bond donors (Lipinski definition) is 0. The number of carbonyl (C=O) groups excluding carboxylic acids is 2. The highest BCUT2D eigenvalue weighted by Gasteiger charge is 2.43. The third kappa shape index (κ3) is 4.43. The number of hydrogen-bond acceptors (Lipinski definition) is 3. The lowest BCUT2D eigenvalue weighted by Gasteiger charge is -2.47. The van der Waals surface area contributed by atoms with Gasteiger partial charge in [-0.1, -0.05) is 48.5 Å². The number of amides is 1. The summed E-state index contributed by atoms with van der Waals surface area (Å²) in [5.41, 5.74) is 4.53. The van der Waals surface area contributed by atoms with Gasteiger partial charge in [0.2, 0.25) is 0 Å². The number of carbonyl (C=O) groups is 2. The highest BCUT2D eigenvalue weighted by molar-refractivity contribution is 5.84. The number of ether oxygens (including phenoxy) is 1. The van der Waals surface area contributed by atoms with Crippen molar-refractivity contribution in [2.75, 3.05) is 0 Å². The number of nitrogens with zero attached hydrogens (tertiary/aromatic N) is 1. The highest BCUT2D eigenvalue weighted by atomic mass is 16.6. The Kier molecular flexibility index (Phi) is 6.21. The van der Waals surface area contributed by atoms with Crippen LogP contribution in [0.2, 0.25) is 0 Å². The Hall–Kier alpha value is -2.62. The van der Waals surface area contributed by atoms with Gasteiger partial charge in [0.05, 0.1) is 0 Å². The first-order valence-electron chi connectivity index (χ1n) is 11.1. The maximum atomic E-state index is 13.2. The minimum atomic E-state index is -0.228. The van der Waals surface area contributed by atoms with Crippen LogP contribution in [0, 0.1) is 19.8 Å². The summed E-state index contributed by atoms with van der Waals surface area (Å²) in [5.74, 6) is 0.360. The molecule has 2 fully saturated rings. The van der Waals surface area contributed by atoms with Crippen molar-refractivity contribution < 1.29 is 14.3 Å². The van der Waals surface area contributed by atoms with E-state index < -0.39 is 0 Å². The molecule has 2 bridgehead atoms. The van der Waals surface area contributed by atoms with E-state index in [9.17, 15) is 9.59 Å². The van der Waals surface area contributed by atoms with Crippen LogP contribution >= 0.6 is 0 Å². The molecule has 0 aliphatic carbocycles. The van der Waals surface area contributed by atoms with Crippen LogP contribution < -0.4 is 0 Å². The smallest absolute Gasteiger partial charge is 0.410 e. The van der Waals surface area contributed by atoms with Crippen LogP contribution in [-0.4, -0.2) is 28.9 Å². The van der Waals surface area contributed by atoms with Crippen molar-refractivity contribution in [3.8, 4) is 0 Å². The Morgan fingerprint density at radius 2 is 1.57 bits per heavy atom. The van der Waals surface area contributed by atoms with Gasteiger partial charge in [0.15, 0.2) is 0 Å². The van der Waals surface area contributed by atoms with E-state index in [1.165, 1.54) is 11.1 Å². The zero-order chi connectivity index (χ0) is 21.1. The molecular formula is C26H31NO3. The Morgan fingerprint density at radius 1 is 0.933 bits per heavy atom. The second kappa shape index (κ2) is 9.03. The Morgan fingerprint density at radius 3 is 2.20 bits per heavy atom. The van der Waals surface area contributed by atoms with E-state index in [1.54, 1.807) is 0 Å². The summed E-state index contributed by atoms with van der Waals surface area (Å²) in [4.78, 5) is 28.0. The largest absolute Gasteiger partial charge is 0.445 e. The molecule has 2 unspecified atom stereocenters. The first-order chi connectivity index (χ1) is 14.5. The fourth-order valence-corrected chi connectivity index (χ4v) is 5.18. The topological polar surface area (TPSA) is 46.6 Å². The normalized spacial score (nSPS) is 23.1. The van der Waals surface area contributed by atoms with Gasteiger partial charge in [0.1, 0.15) is 12.4 Å². The van der Waals surface area contributed by atoms with Crippen LogP contribution in [0.3, 0.4) is 0 Å². The number of Topliss-reactive ketones (excluding diaryl/α,β-unsaturated/α-hetero) is 1. The van der Waals surface area contributed by atoms with Gasteiger partial charge < -0.3 is 9.64 Å². The number of fused-ring (bicyclic) bond motifs is 2.